The van der Waals surface area contributed by atoms with E-state index in [1.54, 1.807) is 50.1 Å². The van der Waals surface area contributed by atoms with Gasteiger partial charge in [0.15, 0.2) is 0 Å². The van der Waals surface area contributed by atoms with Crippen LogP contribution in [0.4, 0.5) is 57.1 Å². The fraction of sp³-hybridized carbons (Fsp3) is 0.727. The van der Waals surface area contributed by atoms with Gasteiger partial charge in [-0.25, -0.2) is 0 Å². The van der Waals surface area contributed by atoms with E-state index in [0.717, 1.165) is 0 Å². The number of hydrogen-bond donors (Lipinski definition) is 0. The molecule has 0 saturated heterocycles. The van der Waals surface area contributed by atoms with Crippen LogP contribution in [0.1, 0.15) is 17.5 Å². The van der Waals surface area contributed by atoms with Crippen molar-refractivity contribution in [1.82, 2.24) is 9.80 Å². The van der Waals surface area contributed by atoms with Crippen LogP contribution < -0.4 is 5.19 Å². The molecule has 0 aliphatic carbocycles. The summed E-state index contributed by atoms with van der Waals surface area (Å²) in [6, 6.07) is 5.29. The van der Waals surface area contributed by atoms with Gasteiger partial charge in [-0.05, 0) is 34.2 Å². The van der Waals surface area contributed by atoms with E-state index in [9.17, 15) is 57.1 Å². The third kappa shape index (κ3) is 8.19. The van der Waals surface area contributed by atoms with Crippen molar-refractivity contribution >= 4 is 23.5 Å². The molecule has 0 fully saturated rings. The van der Waals surface area contributed by atoms with Crippen molar-refractivity contribution in [3.05, 3.63) is 29.3 Å². The molecule has 2 nitrogen and oxygen atoms in total. The Morgan fingerprint density at radius 3 is 1.35 bits per heavy atom. The fourth-order valence-electron chi connectivity index (χ4n) is 3.51. The fourth-order valence-corrected chi connectivity index (χ4v) is 5.87. The second-order valence-corrected chi connectivity index (χ2v) is 15.1. The zero-order chi connectivity index (χ0) is 32.3. The Morgan fingerprint density at radius 1 is 0.675 bits per heavy atom. The number of alkyl halides is 13. The second-order valence-electron chi connectivity index (χ2n) is 10.3. The van der Waals surface area contributed by atoms with Gasteiger partial charge in [0.1, 0.15) is 0 Å². The van der Waals surface area contributed by atoms with Crippen molar-refractivity contribution < 1.29 is 71.6 Å². The molecule has 0 atom stereocenters. The van der Waals surface area contributed by atoms with E-state index in [-0.39, 0.29) is 0 Å². The second kappa shape index (κ2) is 13.3. The Kier molecular flexibility index (Phi) is 13.0. The van der Waals surface area contributed by atoms with E-state index in [2.05, 4.69) is 30.8 Å². The summed E-state index contributed by atoms with van der Waals surface area (Å²) in [6.07, 6.45) is -9.59. The molecule has 1 aromatic carbocycles. The molecule has 18 heteroatoms. The summed E-state index contributed by atoms with van der Waals surface area (Å²) in [7, 11) is 7.90. The van der Waals surface area contributed by atoms with Gasteiger partial charge in [-0.15, -0.1) is 11.1 Å². The Morgan fingerprint density at radius 2 is 1.02 bits per heavy atom. The molecule has 0 heterocycles. The number of rotatable bonds is 12. The van der Waals surface area contributed by atoms with Gasteiger partial charge in [-0.3, -0.25) is 0 Å². The van der Waals surface area contributed by atoms with Crippen LogP contribution in [0.3, 0.4) is 0 Å². The summed E-state index contributed by atoms with van der Waals surface area (Å²) < 4.78 is 174. The summed E-state index contributed by atoms with van der Waals surface area (Å²) >= 11 is 3.35. The van der Waals surface area contributed by atoms with Crippen LogP contribution in [-0.4, -0.2) is 81.9 Å². The van der Waals surface area contributed by atoms with Gasteiger partial charge in [0, 0.05) is 19.5 Å². The molecule has 0 saturated carbocycles. The van der Waals surface area contributed by atoms with Crippen molar-refractivity contribution in [3.8, 4) is 0 Å². The Hall–Kier alpha value is -0.770. The molecule has 0 radical (unpaired) electrons. The Balaban J connectivity index is 0.00000742. The van der Waals surface area contributed by atoms with Crippen molar-refractivity contribution in [2.45, 2.75) is 74.4 Å². The molecule has 1 rings (SSSR count). The maximum atomic E-state index is 14.4. The normalized spacial score (nSPS) is 14.5. The van der Waals surface area contributed by atoms with E-state index in [0.29, 0.717) is 29.4 Å². The summed E-state index contributed by atoms with van der Waals surface area (Å²) in [5.41, 5.74) is 1.17. The Labute approximate surface area is 236 Å². The molecule has 0 spiro atoms. The quantitative estimate of drug-likeness (QED) is 0.129. The van der Waals surface area contributed by atoms with E-state index < -0.39 is 56.3 Å². The van der Waals surface area contributed by atoms with Gasteiger partial charge < -0.3 is 9.80 Å². The number of nitrogens with zero attached hydrogens (tertiary/aromatic N) is 2. The molecule has 0 amide bonds. The first-order chi connectivity index (χ1) is 17.6. The first-order valence-corrected chi connectivity index (χ1v) is 15.6. The molecule has 0 aliphatic rings. The average molecular weight is 690 g/mol. The van der Waals surface area contributed by atoms with Crippen LogP contribution in [0.2, 0.25) is 19.1 Å². The van der Waals surface area contributed by atoms with Crippen molar-refractivity contribution in [2.75, 3.05) is 28.2 Å². The zero-order valence-electron chi connectivity index (χ0n) is 22.0. The number of benzene rings is 1. The van der Waals surface area contributed by atoms with Crippen LogP contribution >= 0.6 is 10.2 Å². The SMILES string of the molecule is CN(C)Cc1[c-]c(CN(C)C)cc([Si](C)(C)CCC(F)(F)C(F)(F)C(F)(F)C(F)(F)C(F)(F)C(F)(F)F)c1.[Cl][Ni]. The number of halogens is 14. The third-order valence-electron chi connectivity index (χ3n) is 5.80. The minimum atomic E-state index is -7.88. The van der Waals surface area contributed by atoms with Gasteiger partial charge in [0.25, 0.3) is 0 Å². The molecule has 0 bridgehead atoms. The van der Waals surface area contributed by atoms with Crippen LogP contribution in [0, 0.1) is 6.07 Å². The van der Waals surface area contributed by atoms with E-state index in [4.69, 9.17) is 0 Å². The Bertz CT molecular complexity index is 942. The third-order valence-corrected chi connectivity index (χ3v) is 9.15. The summed E-state index contributed by atoms with van der Waals surface area (Å²) in [4.78, 5) is 3.49. The van der Waals surface area contributed by atoms with Gasteiger partial charge in [0.05, 0.1) is 8.07 Å². The van der Waals surface area contributed by atoms with Gasteiger partial charge in [-0.1, -0.05) is 13.1 Å². The molecule has 0 N–H and O–H groups in total. The van der Waals surface area contributed by atoms with Crippen LogP contribution in [0.25, 0.3) is 0 Å². The number of hydrogen-bond acceptors (Lipinski definition) is 2. The van der Waals surface area contributed by atoms with Crippen LogP contribution in [0.15, 0.2) is 12.1 Å². The molecule has 0 aromatic heterocycles. The zero-order valence-corrected chi connectivity index (χ0v) is 24.7. The summed E-state index contributed by atoms with van der Waals surface area (Å²) in [6.45, 7) is 3.48. The molecule has 239 valence electrons. The molecule has 0 unspecified atom stereocenters. The molecular formula is C22H28ClF13N2NiSi-. The van der Waals surface area contributed by atoms with E-state index in [1.165, 1.54) is 13.1 Å². The van der Waals surface area contributed by atoms with Crippen LogP contribution in [0.5, 0.6) is 0 Å². The first kappa shape index (κ1) is 39.2. The summed E-state index contributed by atoms with van der Waals surface area (Å²) in [5, 5.41) is 0.407. The summed E-state index contributed by atoms with van der Waals surface area (Å²) in [5.74, 6) is -36.7. The standard InChI is InChI=1S/C22H28F13N2Si.ClH.Ni/c1-36(2)12-14-9-15(13-37(3)4)11-16(10-14)38(5,6)8-7-17(23,24)18(25,26)19(27,28)20(29,30)21(31,32)22(33,34)35;;/h10-11H,7-8,12-13H2,1-6H3;1H;/q-1;;+1/p-1. The monoisotopic (exact) mass is 688 g/mol. The predicted octanol–water partition coefficient (Wildman–Crippen LogP) is 7.34. The molecule has 40 heavy (non-hydrogen) atoms. The predicted molar refractivity (Wildman–Crippen MR) is 123 cm³/mol. The van der Waals surface area contributed by atoms with Gasteiger partial charge in [0.2, 0.25) is 0 Å². The topological polar surface area (TPSA) is 6.48 Å². The van der Waals surface area contributed by atoms with Crippen molar-refractivity contribution in [2.24, 2.45) is 0 Å². The average Bonchev–Trinajstić information content (AvgIpc) is 2.77. The minimum absolute atomic E-state index is 0.335. The van der Waals surface area contributed by atoms with Crippen LogP contribution in [-0.2, 0) is 27.7 Å². The maximum absolute atomic E-state index is 14.4. The van der Waals surface area contributed by atoms with Gasteiger partial charge in [-0.2, -0.15) is 80.5 Å². The van der Waals surface area contributed by atoms with E-state index >= 15 is 0 Å². The van der Waals surface area contributed by atoms with Crippen molar-refractivity contribution in [1.29, 1.82) is 0 Å². The van der Waals surface area contributed by atoms with E-state index in [1.807, 2.05) is 0 Å². The molecule has 1 aromatic rings. The van der Waals surface area contributed by atoms with Gasteiger partial charge >= 0.3 is 60.6 Å². The first-order valence-electron chi connectivity index (χ1n) is 11.1. The molecular weight excluding hydrogens is 661 g/mol. The van der Waals surface area contributed by atoms with Crippen molar-refractivity contribution in [3.63, 3.8) is 0 Å². The molecule has 0 aliphatic heterocycles.